The maximum absolute atomic E-state index is 13.9. The van der Waals surface area contributed by atoms with Gasteiger partial charge in [0, 0.05) is 30.1 Å². The molecule has 1 aliphatic carbocycles. The first-order valence-electron chi connectivity index (χ1n) is 11.3. The second-order valence-electron chi connectivity index (χ2n) is 9.28. The minimum atomic E-state index is -3.87. The van der Waals surface area contributed by atoms with Gasteiger partial charge in [-0.15, -0.1) is 0 Å². The van der Waals surface area contributed by atoms with Crippen molar-refractivity contribution < 1.29 is 23.0 Å². The van der Waals surface area contributed by atoms with Gasteiger partial charge in [0.25, 0.3) is 10.0 Å². The van der Waals surface area contributed by atoms with E-state index in [9.17, 15) is 13.5 Å². The molecule has 1 saturated carbocycles. The second kappa shape index (κ2) is 8.68. The van der Waals surface area contributed by atoms with Crippen molar-refractivity contribution in [2.45, 2.75) is 70.0 Å². The van der Waals surface area contributed by atoms with E-state index >= 15 is 0 Å². The van der Waals surface area contributed by atoms with Gasteiger partial charge in [-0.3, -0.25) is 0 Å². The zero-order valence-corrected chi connectivity index (χ0v) is 20.1. The van der Waals surface area contributed by atoms with Gasteiger partial charge in [-0.1, -0.05) is 0 Å². The van der Waals surface area contributed by atoms with Crippen LogP contribution in [0.1, 0.15) is 51.3 Å². The fraction of sp³-hybridized carbons (Fsp3) is 0.609. The number of sulfonamides is 1. The van der Waals surface area contributed by atoms with Crippen LogP contribution >= 0.6 is 0 Å². The van der Waals surface area contributed by atoms with Gasteiger partial charge in [0.2, 0.25) is 0 Å². The minimum Gasteiger partial charge on any atom is -0.493 e. The molecule has 8 nitrogen and oxygen atoms in total. The average Bonchev–Trinajstić information content (AvgIpc) is 3.02. The first-order chi connectivity index (χ1) is 15.1. The predicted molar refractivity (Wildman–Crippen MR) is 121 cm³/mol. The summed E-state index contributed by atoms with van der Waals surface area (Å²) in [6, 6.07) is 6.51. The number of nitrogens with zero attached hydrogens (tertiary/aromatic N) is 3. The number of hydrogen-bond acceptors (Lipinski definition) is 6. The lowest BCUT2D eigenvalue weighted by Crippen LogP contribution is -2.45. The van der Waals surface area contributed by atoms with Crippen LogP contribution < -0.4 is 9.04 Å². The Morgan fingerprint density at radius 1 is 1.28 bits per heavy atom. The third kappa shape index (κ3) is 4.38. The number of ether oxygens (including phenoxy) is 2. The van der Waals surface area contributed by atoms with Gasteiger partial charge in [-0.05, 0) is 65.2 Å². The first kappa shape index (κ1) is 23.1. The fourth-order valence-corrected chi connectivity index (χ4v) is 5.78. The monoisotopic (exact) mass is 463 g/mol. The van der Waals surface area contributed by atoms with E-state index in [1.807, 2.05) is 19.9 Å². The Kier molecular flexibility index (Phi) is 6.26. The molecular weight excluding hydrogens is 430 g/mol. The molecule has 0 radical (unpaired) electrons. The van der Waals surface area contributed by atoms with Crippen molar-refractivity contribution >= 4 is 15.8 Å². The summed E-state index contributed by atoms with van der Waals surface area (Å²) in [4.78, 5) is 0.141. The largest absolute Gasteiger partial charge is 0.493 e. The van der Waals surface area contributed by atoms with Crippen LogP contribution in [0.25, 0.3) is 0 Å². The molecule has 0 atom stereocenters. The van der Waals surface area contributed by atoms with Crippen LogP contribution in [-0.2, 0) is 26.9 Å². The Morgan fingerprint density at radius 3 is 2.53 bits per heavy atom. The van der Waals surface area contributed by atoms with Gasteiger partial charge in [-0.2, -0.15) is 5.10 Å². The molecular formula is C23H33N3O5S. The number of aryl methyl sites for hydroxylation is 2. The summed E-state index contributed by atoms with van der Waals surface area (Å²) in [5.74, 6) is 1.40. The zero-order chi connectivity index (χ0) is 23.1. The lowest BCUT2D eigenvalue weighted by molar-refractivity contribution is -0.0515. The zero-order valence-electron chi connectivity index (χ0n) is 19.2. The van der Waals surface area contributed by atoms with Gasteiger partial charge in [0.1, 0.15) is 11.6 Å². The Morgan fingerprint density at radius 2 is 2.00 bits per heavy atom. The van der Waals surface area contributed by atoms with Crippen LogP contribution in [0.3, 0.4) is 0 Å². The van der Waals surface area contributed by atoms with Crippen molar-refractivity contribution in [3.8, 4) is 5.75 Å². The van der Waals surface area contributed by atoms with E-state index in [1.165, 1.54) is 4.31 Å². The van der Waals surface area contributed by atoms with Gasteiger partial charge < -0.3 is 14.6 Å². The second-order valence-corrected chi connectivity index (χ2v) is 11.1. The summed E-state index contributed by atoms with van der Waals surface area (Å²) in [6.07, 6.45) is 2.63. The lowest BCUT2D eigenvalue weighted by Gasteiger charge is -2.38. The third-order valence-corrected chi connectivity index (χ3v) is 8.01. The molecule has 2 heterocycles. The van der Waals surface area contributed by atoms with Crippen molar-refractivity contribution in [3.05, 3.63) is 35.5 Å². The van der Waals surface area contributed by atoms with Gasteiger partial charge in [0.05, 0.1) is 36.0 Å². The van der Waals surface area contributed by atoms with E-state index < -0.39 is 15.6 Å². The quantitative estimate of drug-likeness (QED) is 0.614. The van der Waals surface area contributed by atoms with E-state index in [4.69, 9.17) is 9.47 Å². The Hall–Kier alpha value is -2.10. The van der Waals surface area contributed by atoms with Crippen molar-refractivity contribution in [1.29, 1.82) is 0 Å². The van der Waals surface area contributed by atoms with Gasteiger partial charge >= 0.3 is 0 Å². The Labute approximate surface area is 190 Å². The molecule has 1 N–H and O–H groups in total. The lowest BCUT2D eigenvalue weighted by atomic mass is 9.93. The molecule has 0 unspecified atom stereocenters. The standard InChI is InChI=1S/C23H33N3O5S/c1-5-25-22(11-16(2)24-25)26(18-7-6-8-18)32(28,29)19-9-10-21(20(12-19)23(3,4)27)31-15-17-13-30-14-17/h9-12,17-18,27H,5-8,13-15H2,1-4H3. The average molecular weight is 464 g/mol. The third-order valence-electron chi connectivity index (χ3n) is 6.16. The van der Waals surface area contributed by atoms with E-state index in [1.54, 1.807) is 36.7 Å². The topological polar surface area (TPSA) is 93.9 Å². The Balaban J connectivity index is 1.73. The smallest absolute Gasteiger partial charge is 0.265 e. The Bertz CT molecular complexity index is 1070. The fourth-order valence-electron chi connectivity index (χ4n) is 4.05. The normalized spacial score (nSPS) is 17.7. The number of rotatable bonds is 9. The SMILES string of the molecule is CCn1nc(C)cc1N(C1CCC1)S(=O)(=O)c1ccc(OCC2COC2)c(C(C)(C)O)c1. The number of aromatic nitrogens is 2. The number of anilines is 1. The van der Waals surface area contributed by atoms with Gasteiger partial charge in [0.15, 0.2) is 0 Å². The molecule has 1 aromatic carbocycles. The highest BCUT2D eigenvalue weighted by atomic mass is 32.2. The van der Waals surface area contributed by atoms with Crippen LogP contribution in [0.5, 0.6) is 5.75 Å². The van der Waals surface area contributed by atoms with Crippen LogP contribution in [0, 0.1) is 12.8 Å². The summed E-state index contributed by atoms with van der Waals surface area (Å²) in [7, 11) is -3.87. The summed E-state index contributed by atoms with van der Waals surface area (Å²) in [6.45, 7) is 9.46. The summed E-state index contributed by atoms with van der Waals surface area (Å²) >= 11 is 0. The van der Waals surface area contributed by atoms with E-state index in [-0.39, 0.29) is 10.9 Å². The highest BCUT2D eigenvalue weighted by molar-refractivity contribution is 7.92. The van der Waals surface area contributed by atoms with Crippen molar-refractivity contribution in [2.75, 3.05) is 24.1 Å². The summed E-state index contributed by atoms with van der Waals surface area (Å²) < 4.78 is 42.2. The molecule has 176 valence electrons. The van der Waals surface area contributed by atoms with E-state index in [0.29, 0.717) is 49.4 Å². The van der Waals surface area contributed by atoms with Crippen molar-refractivity contribution in [1.82, 2.24) is 9.78 Å². The summed E-state index contributed by atoms with van der Waals surface area (Å²) in [5.41, 5.74) is -0.0325. The molecule has 0 spiro atoms. The van der Waals surface area contributed by atoms with Gasteiger partial charge in [-0.25, -0.2) is 17.4 Å². The first-order valence-corrected chi connectivity index (χ1v) is 12.7. The number of benzene rings is 1. The molecule has 0 amide bonds. The van der Waals surface area contributed by atoms with Crippen LogP contribution in [0.15, 0.2) is 29.2 Å². The molecule has 2 aromatic rings. The maximum atomic E-state index is 13.9. The van der Waals surface area contributed by atoms with E-state index in [2.05, 4.69) is 5.10 Å². The molecule has 2 fully saturated rings. The highest BCUT2D eigenvalue weighted by Gasteiger charge is 2.38. The van der Waals surface area contributed by atoms with Crippen LogP contribution in [0.4, 0.5) is 5.82 Å². The molecule has 1 aliphatic heterocycles. The molecule has 0 bridgehead atoms. The maximum Gasteiger partial charge on any atom is 0.265 e. The summed E-state index contributed by atoms with van der Waals surface area (Å²) in [5, 5.41) is 15.2. The van der Waals surface area contributed by atoms with Crippen LogP contribution in [-0.4, -0.2) is 49.2 Å². The molecule has 9 heteroatoms. The van der Waals surface area contributed by atoms with Crippen LogP contribution in [0.2, 0.25) is 0 Å². The predicted octanol–water partition coefficient (Wildman–Crippen LogP) is 3.21. The molecule has 2 aliphatic rings. The number of hydrogen-bond donors (Lipinski definition) is 1. The number of aliphatic hydroxyl groups is 1. The minimum absolute atomic E-state index is 0.0958. The molecule has 1 aromatic heterocycles. The molecule has 1 saturated heterocycles. The van der Waals surface area contributed by atoms with Crippen molar-refractivity contribution in [3.63, 3.8) is 0 Å². The highest BCUT2D eigenvalue weighted by Crippen LogP contribution is 2.38. The molecule has 4 rings (SSSR count). The van der Waals surface area contributed by atoms with E-state index in [0.717, 1.165) is 25.0 Å². The molecule has 32 heavy (non-hydrogen) atoms. The van der Waals surface area contributed by atoms with Crippen molar-refractivity contribution in [2.24, 2.45) is 5.92 Å².